The molecule has 4 heteroatoms. The maximum atomic E-state index is 10.4. The molecule has 0 radical (unpaired) electrons. The molecule has 1 aromatic rings. The van der Waals surface area contributed by atoms with Crippen molar-refractivity contribution in [2.75, 3.05) is 0 Å². The fraction of sp³-hybridized carbons (Fsp3) is 0.400. The zero-order valence-corrected chi connectivity index (χ0v) is 9.13. The zero-order valence-electron chi connectivity index (χ0n) is 8.37. The lowest BCUT2D eigenvalue weighted by molar-refractivity contribution is 0.112. The Bertz CT molecular complexity index is 344. The van der Waals surface area contributed by atoms with E-state index in [1.165, 1.54) is 12.3 Å². The van der Waals surface area contributed by atoms with Crippen LogP contribution in [0.5, 0.6) is 5.88 Å². The van der Waals surface area contributed by atoms with Gasteiger partial charge in [-0.1, -0.05) is 11.6 Å². The van der Waals surface area contributed by atoms with E-state index in [-0.39, 0.29) is 5.60 Å². The molecule has 1 aromatic heterocycles. The quantitative estimate of drug-likeness (QED) is 0.710. The minimum atomic E-state index is -0.348. The maximum absolute atomic E-state index is 10.4. The second kappa shape index (κ2) is 3.96. The first kappa shape index (κ1) is 11.0. The van der Waals surface area contributed by atoms with Gasteiger partial charge in [0.15, 0.2) is 6.29 Å². The van der Waals surface area contributed by atoms with Crippen LogP contribution in [0.2, 0.25) is 5.02 Å². The Kier molecular flexibility index (Phi) is 3.11. The van der Waals surface area contributed by atoms with Crippen LogP contribution in [0.3, 0.4) is 0 Å². The fourth-order valence-electron chi connectivity index (χ4n) is 0.870. The predicted octanol–water partition coefficient (Wildman–Crippen LogP) is 2.72. The normalized spacial score (nSPS) is 11.1. The Labute approximate surface area is 88.1 Å². The van der Waals surface area contributed by atoms with Gasteiger partial charge in [0.1, 0.15) is 10.6 Å². The van der Waals surface area contributed by atoms with Gasteiger partial charge in [-0.15, -0.1) is 0 Å². The van der Waals surface area contributed by atoms with Gasteiger partial charge in [0.05, 0.1) is 0 Å². The summed E-state index contributed by atoms with van der Waals surface area (Å²) < 4.78 is 5.47. The Balaban J connectivity index is 2.95. The molecule has 0 N–H and O–H groups in total. The highest BCUT2D eigenvalue weighted by Gasteiger charge is 2.15. The van der Waals surface area contributed by atoms with Gasteiger partial charge >= 0.3 is 0 Å². The summed E-state index contributed by atoms with van der Waals surface area (Å²) in [5.41, 5.74) is 0.0931. The summed E-state index contributed by atoms with van der Waals surface area (Å²) >= 11 is 5.87. The van der Waals surface area contributed by atoms with Gasteiger partial charge in [-0.3, -0.25) is 4.79 Å². The van der Waals surface area contributed by atoms with Crippen molar-refractivity contribution in [1.29, 1.82) is 0 Å². The molecule has 0 saturated carbocycles. The van der Waals surface area contributed by atoms with E-state index in [9.17, 15) is 4.79 Å². The number of rotatable bonds is 2. The Morgan fingerprint density at radius 3 is 2.57 bits per heavy atom. The molecule has 0 aliphatic carbocycles. The van der Waals surface area contributed by atoms with Gasteiger partial charge in [0.25, 0.3) is 0 Å². The lowest BCUT2D eigenvalue weighted by Crippen LogP contribution is -2.23. The number of aromatic nitrogens is 1. The number of aldehydes is 1. The van der Waals surface area contributed by atoms with Crippen LogP contribution in [-0.2, 0) is 0 Å². The van der Waals surface area contributed by atoms with Crippen LogP contribution in [0.25, 0.3) is 0 Å². The lowest BCUT2D eigenvalue weighted by atomic mass is 10.2. The molecule has 14 heavy (non-hydrogen) atoms. The van der Waals surface area contributed by atoms with Gasteiger partial charge in [-0.05, 0) is 26.8 Å². The van der Waals surface area contributed by atoms with Crippen molar-refractivity contribution in [1.82, 2.24) is 4.98 Å². The third kappa shape index (κ3) is 3.00. The predicted molar refractivity (Wildman–Crippen MR) is 55.0 cm³/mol. The number of carbonyl (C=O) groups is 1. The van der Waals surface area contributed by atoms with Crippen LogP contribution >= 0.6 is 11.6 Å². The first-order valence-electron chi connectivity index (χ1n) is 4.22. The zero-order chi connectivity index (χ0) is 10.8. The van der Waals surface area contributed by atoms with Crippen LogP contribution in [0, 0.1) is 0 Å². The molecule has 0 spiro atoms. The largest absolute Gasteiger partial charge is 0.471 e. The molecule has 0 unspecified atom stereocenters. The topological polar surface area (TPSA) is 39.2 Å². The average molecular weight is 214 g/mol. The number of nitrogens with zero attached hydrogens (tertiary/aromatic N) is 1. The number of pyridine rings is 1. The highest BCUT2D eigenvalue weighted by molar-refractivity contribution is 6.32. The molecular formula is C10H12ClNO2. The van der Waals surface area contributed by atoms with Gasteiger partial charge < -0.3 is 4.74 Å². The van der Waals surface area contributed by atoms with E-state index in [1.807, 2.05) is 20.8 Å². The van der Waals surface area contributed by atoms with E-state index >= 15 is 0 Å². The first-order chi connectivity index (χ1) is 6.42. The summed E-state index contributed by atoms with van der Waals surface area (Å²) in [6.45, 7) is 5.70. The lowest BCUT2D eigenvalue weighted by Gasteiger charge is -2.20. The van der Waals surface area contributed by atoms with Gasteiger partial charge in [0.2, 0.25) is 5.88 Å². The molecule has 1 heterocycles. The third-order valence-corrected chi connectivity index (χ3v) is 1.64. The Morgan fingerprint density at radius 1 is 1.50 bits per heavy atom. The van der Waals surface area contributed by atoms with Crippen molar-refractivity contribution in [3.63, 3.8) is 0 Å². The van der Waals surface area contributed by atoms with Crippen molar-refractivity contribution in [2.24, 2.45) is 0 Å². The highest BCUT2D eigenvalue weighted by Crippen LogP contribution is 2.25. The number of halogens is 1. The third-order valence-electron chi connectivity index (χ3n) is 1.37. The fourth-order valence-corrected chi connectivity index (χ4v) is 1.08. The molecule has 0 fully saturated rings. The van der Waals surface area contributed by atoms with Crippen molar-refractivity contribution >= 4 is 17.9 Å². The van der Waals surface area contributed by atoms with Crippen LogP contribution in [0.15, 0.2) is 12.3 Å². The number of ether oxygens (including phenoxy) is 1. The molecule has 3 nitrogen and oxygen atoms in total. The van der Waals surface area contributed by atoms with Gasteiger partial charge in [0, 0.05) is 11.8 Å². The molecule has 0 aliphatic heterocycles. The summed E-state index contributed by atoms with van der Waals surface area (Å²) in [5.74, 6) is 0.352. The van der Waals surface area contributed by atoms with E-state index < -0.39 is 0 Å². The van der Waals surface area contributed by atoms with Crippen LogP contribution in [0.4, 0.5) is 0 Å². The molecule has 0 aliphatic rings. The smallest absolute Gasteiger partial charge is 0.233 e. The van der Waals surface area contributed by atoms with Crippen molar-refractivity contribution in [3.05, 3.63) is 22.8 Å². The molecule has 76 valence electrons. The number of hydrogen-bond acceptors (Lipinski definition) is 3. The minimum Gasteiger partial charge on any atom is -0.471 e. The number of hydrogen-bond donors (Lipinski definition) is 0. The molecular weight excluding hydrogens is 202 g/mol. The molecule has 1 rings (SSSR count). The second-order valence-corrected chi connectivity index (χ2v) is 4.30. The first-order valence-corrected chi connectivity index (χ1v) is 4.60. The number of carbonyl (C=O) groups excluding carboxylic acids is 1. The summed E-state index contributed by atoms with van der Waals surface area (Å²) in [5, 5.41) is 0.351. The van der Waals surface area contributed by atoms with E-state index in [0.29, 0.717) is 22.8 Å². The van der Waals surface area contributed by atoms with Crippen LogP contribution < -0.4 is 4.74 Å². The summed E-state index contributed by atoms with van der Waals surface area (Å²) in [4.78, 5) is 14.4. The van der Waals surface area contributed by atoms with Gasteiger partial charge in [-0.25, -0.2) is 4.98 Å². The van der Waals surface area contributed by atoms with Gasteiger partial charge in [-0.2, -0.15) is 0 Å². The van der Waals surface area contributed by atoms with E-state index in [4.69, 9.17) is 16.3 Å². The van der Waals surface area contributed by atoms with E-state index in [2.05, 4.69) is 4.98 Å². The molecule has 0 bridgehead atoms. The SMILES string of the molecule is CC(C)(C)Oc1ncc(C=O)cc1Cl. The highest BCUT2D eigenvalue weighted by atomic mass is 35.5. The van der Waals surface area contributed by atoms with E-state index in [1.54, 1.807) is 0 Å². The monoisotopic (exact) mass is 213 g/mol. The summed E-state index contributed by atoms with van der Waals surface area (Å²) in [6.07, 6.45) is 2.12. The Morgan fingerprint density at radius 2 is 2.14 bits per heavy atom. The van der Waals surface area contributed by atoms with Crippen molar-refractivity contribution < 1.29 is 9.53 Å². The molecule has 0 aromatic carbocycles. The van der Waals surface area contributed by atoms with Crippen molar-refractivity contribution in [3.8, 4) is 5.88 Å². The molecule has 0 saturated heterocycles. The van der Waals surface area contributed by atoms with E-state index in [0.717, 1.165) is 0 Å². The van der Waals surface area contributed by atoms with Crippen molar-refractivity contribution in [2.45, 2.75) is 26.4 Å². The van der Waals surface area contributed by atoms with Crippen LogP contribution in [0.1, 0.15) is 31.1 Å². The average Bonchev–Trinajstić information content (AvgIpc) is 2.06. The maximum Gasteiger partial charge on any atom is 0.233 e. The molecule has 0 amide bonds. The summed E-state index contributed by atoms with van der Waals surface area (Å²) in [6, 6.07) is 1.53. The Hall–Kier alpha value is -1.09. The molecule has 0 atom stereocenters. The summed E-state index contributed by atoms with van der Waals surface area (Å²) in [7, 11) is 0. The standard InChI is InChI=1S/C10H12ClNO2/c1-10(2,3)14-9-8(11)4-7(6-13)5-12-9/h4-6H,1-3H3. The van der Waals surface area contributed by atoms with Crippen LogP contribution in [-0.4, -0.2) is 16.9 Å². The second-order valence-electron chi connectivity index (χ2n) is 3.89. The minimum absolute atomic E-state index is 0.348.